The van der Waals surface area contributed by atoms with Gasteiger partial charge in [-0.25, -0.2) is 4.39 Å². The van der Waals surface area contributed by atoms with Crippen molar-refractivity contribution < 1.29 is 37.8 Å². The second kappa shape index (κ2) is 15.5. The average molecular weight is 713 g/mol. The summed E-state index contributed by atoms with van der Waals surface area (Å²) in [6, 6.07) is 2.60. The molecule has 270 valence electrons. The van der Waals surface area contributed by atoms with E-state index in [1.807, 2.05) is 17.1 Å². The highest BCUT2D eigenvalue weighted by Gasteiger charge is 2.43. The number of carboxylic acid groups (broad SMARTS) is 1. The molecule has 7 rings (SSSR count). The smallest absolute Gasteiger partial charge is 0.306 e. The molecule has 1 aromatic carbocycles. The quantitative estimate of drug-likeness (QED) is 0.341. The van der Waals surface area contributed by atoms with Gasteiger partial charge in [-0.3, -0.25) is 24.2 Å². The van der Waals surface area contributed by atoms with E-state index in [9.17, 15) is 19.5 Å². The Hall–Kier alpha value is -3.29. The zero-order valence-corrected chi connectivity index (χ0v) is 29.0. The molecule has 3 saturated heterocycles. The summed E-state index contributed by atoms with van der Waals surface area (Å²) in [5.41, 5.74) is 1.35. The van der Waals surface area contributed by atoms with Crippen LogP contribution in [0.25, 0.3) is 6.08 Å². The number of rotatable bonds is 11. The molecule has 0 unspecified atom stereocenters. The van der Waals surface area contributed by atoms with Gasteiger partial charge in [0.1, 0.15) is 17.8 Å². The molecular weight excluding hydrogens is 667 g/mol. The van der Waals surface area contributed by atoms with Crippen LogP contribution in [0, 0.1) is 17.7 Å². The van der Waals surface area contributed by atoms with E-state index in [0.717, 1.165) is 64.5 Å². The van der Waals surface area contributed by atoms with E-state index in [1.165, 1.54) is 18.4 Å². The lowest BCUT2D eigenvalue weighted by atomic mass is 9.87. The Morgan fingerprint density at radius 1 is 1.08 bits per heavy atom. The molecule has 11 nitrogen and oxygen atoms in total. The molecule has 4 fully saturated rings. The van der Waals surface area contributed by atoms with Crippen molar-refractivity contribution in [3.8, 4) is 0 Å². The van der Waals surface area contributed by atoms with Crippen LogP contribution >= 0.6 is 11.6 Å². The van der Waals surface area contributed by atoms with Crippen LogP contribution in [0.2, 0.25) is 5.02 Å². The Labute approximate surface area is 296 Å². The Bertz CT molecular complexity index is 1600. The number of likely N-dealkylation sites (tertiary alicyclic amines) is 2. The van der Waals surface area contributed by atoms with Crippen molar-refractivity contribution in [1.29, 1.82) is 0 Å². The maximum atomic E-state index is 15.5. The van der Waals surface area contributed by atoms with Gasteiger partial charge >= 0.3 is 5.97 Å². The summed E-state index contributed by atoms with van der Waals surface area (Å²) in [4.78, 5) is 45.1. The number of morpholine rings is 1. The number of aryl methyl sites for hydroxylation is 1. The molecule has 2 atom stereocenters. The Balaban J connectivity index is 0.988. The fourth-order valence-electron chi connectivity index (χ4n) is 8.16. The number of hydrogen-bond donors (Lipinski definition) is 2. The first-order valence-electron chi connectivity index (χ1n) is 18.0. The molecule has 2 aromatic rings. The number of benzene rings is 1. The monoisotopic (exact) mass is 712 g/mol. The Morgan fingerprint density at radius 3 is 2.62 bits per heavy atom. The first-order chi connectivity index (χ1) is 24.2. The number of furan rings is 1. The highest BCUT2D eigenvalue weighted by Crippen LogP contribution is 2.33. The molecule has 2 aliphatic carbocycles. The minimum Gasteiger partial charge on any atom is -0.481 e. The number of carbonyl (C=O) groups is 3. The van der Waals surface area contributed by atoms with Gasteiger partial charge in [-0.1, -0.05) is 23.8 Å². The van der Waals surface area contributed by atoms with Crippen LogP contribution in [0.15, 0.2) is 28.9 Å². The molecule has 50 heavy (non-hydrogen) atoms. The zero-order valence-electron chi connectivity index (χ0n) is 28.3. The van der Waals surface area contributed by atoms with Crippen LogP contribution < -0.4 is 5.32 Å². The molecule has 4 heterocycles. The average Bonchev–Trinajstić information content (AvgIpc) is 3.73. The van der Waals surface area contributed by atoms with Gasteiger partial charge in [0.15, 0.2) is 0 Å². The summed E-state index contributed by atoms with van der Waals surface area (Å²) in [6.45, 7) is 7.40. The predicted octanol–water partition coefficient (Wildman–Crippen LogP) is 4.72. The van der Waals surface area contributed by atoms with Crippen LogP contribution in [0.3, 0.4) is 0 Å². The van der Waals surface area contributed by atoms with E-state index in [0.29, 0.717) is 62.3 Å². The van der Waals surface area contributed by atoms with E-state index in [1.54, 1.807) is 0 Å². The van der Waals surface area contributed by atoms with Crippen LogP contribution in [-0.4, -0.2) is 115 Å². The summed E-state index contributed by atoms with van der Waals surface area (Å²) >= 11 is 6.54. The third kappa shape index (κ3) is 7.94. The van der Waals surface area contributed by atoms with Crippen molar-refractivity contribution in [3.63, 3.8) is 0 Å². The van der Waals surface area contributed by atoms with Crippen molar-refractivity contribution in [1.82, 2.24) is 14.7 Å². The van der Waals surface area contributed by atoms with Crippen LogP contribution in [0.1, 0.15) is 65.8 Å². The van der Waals surface area contributed by atoms with Crippen LogP contribution in [0.5, 0.6) is 0 Å². The number of nitrogens with zero attached hydrogens (tertiary/aromatic N) is 3. The third-order valence-corrected chi connectivity index (χ3v) is 11.4. The number of aliphatic carboxylic acids is 1. The van der Waals surface area contributed by atoms with Crippen molar-refractivity contribution in [2.75, 3.05) is 64.4 Å². The summed E-state index contributed by atoms with van der Waals surface area (Å²) < 4.78 is 32.9. The number of hydrogen-bond acceptors (Lipinski definition) is 8. The zero-order chi connectivity index (χ0) is 34.8. The normalized spacial score (nSPS) is 26.1. The van der Waals surface area contributed by atoms with E-state index in [4.69, 9.17) is 25.5 Å². The molecule has 5 aliphatic rings. The van der Waals surface area contributed by atoms with E-state index in [2.05, 4.69) is 15.1 Å². The topological polar surface area (TPSA) is 125 Å². The lowest BCUT2D eigenvalue weighted by Gasteiger charge is -2.45. The summed E-state index contributed by atoms with van der Waals surface area (Å²) in [7, 11) is 0. The van der Waals surface area contributed by atoms with Gasteiger partial charge in [-0.2, -0.15) is 0 Å². The highest BCUT2D eigenvalue weighted by molar-refractivity contribution is 6.34. The molecule has 0 spiro atoms. The minimum atomic E-state index is -0.753. The standard InChI is InChI=1S/C37H46ClFN4O7/c38-31-13-25(32(39)16-33(31)40-36(45)30-22-50-34-4-2-1-3-29(30)34)14-35(44)43-20-26(42-18-23(19-42)17-41-9-11-48-12-10-41)15-27(43)21-49-28-7-5-24(6-8-28)37(46)47/h1,3,13,16,22-24,26-28H,2,4-12,14-15,17-21H2,(H,40,45)(H,46,47)/t24-,26-,27-,28-/m0/s1. The number of fused-ring (bicyclic) bond motifs is 1. The van der Waals surface area contributed by atoms with Gasteiger partial charge in [-0.15, -0.1) is 0 Å². The van der Waals surface area contributed by atoms with E-state index >= 15 is 4.39 Å². The number of nitrogens with one attached hydrogen (secondary N) is 1. The largest absolute Gasteiger partial charge is 0.481 e. The van der Waals surface area contributed by atoms with E-state index in [-0.39, 0.29) is 52.7 Å². The first-order valence-corrected chi connectivity index (χ1v) is 18.3. The number of amides is 2. The number of halogens is 2. The second-order valence-electron chi connectivity index (χ2n) is 14.4. The number of anilines is 1. The molecular formula is C37H46ClFN4O7. The molecule has 2 N–H and O–H groups in total. The first kappa shape index (κ1) is 35.1. The fourth-order valence-corrected chi connectivity index (χ4v) is 8.40. The third-order valence-electron chi connectivity index (χ3n) is 11.1. The predicted molar refractivity (Wildman–Crippen MR) is 185 cm³/mol. The van der Waals surface area contributed by atoms with Crippen molar-refractivity contribution >= 4 is 41.1 Å². The van der Waals surface area contributed by atoms with Crippen molar-refractivity contribution in [3.05, 3.63) is 57.8 Å². The van der Waals surface area contributed by atoms with Gasteiger partial charge < -0.3 is 29.2 Å². The molecule has 2 amide bonds. The number of allylic oxidation sites excluding steroid dienone is 1. The van der Waals surface area contributed by atoms with Gasteiger partial charge in [0, 0.05) is 57.3 Å². The van der Waals surface area contributed by atoms with Crippen LogP contribution in [0.4, 0.5) is 10.1 Å². The number of carboxylic acids is 1. The SMILES string of the molecule is O=C(Nc1cc(F)c(CC(=O)N2C[C@@H](N3CC(CN4CCOCC4)C3)C[C@H]2CO[C@H]2CC[C@H](C(=O)O)CC2)cc1Cl)c1coc2c1C=CCC2. The highest BCUT2D eigenvalue weighted by atomic mass is 35.5. The summed E-state index contributed by atoms with van der Waals surface area (Å²) in [5.74, 6) is -1.03. The molecule has 1 aromatic heterocycles. The van der Waals surface area contributed by atoms with Crippen molar-refractivity contribution in [2.24, 2.45) is 11.8 Å². The minimum absolute atomic E-state index is 0.0360. The van der Waals surface area contributed by atoms with Gasteiger partial charge in [0.25, 0.3) is 5.91 Å². The Morgan fingerprint density at radius 2 is 1.86 bits per heavy atom. The van der Waals surface area contributed by atoms with Gasteiger partial charge in [0.05, 0.1) is 60.6 Å². The second-order valence-corrected chi connectivity index (χ2v) is 14.9. The summed E-state index contributed by atoms with van der Waals surface area (Å²) in [6.07, 6.45) is 9.89. The number of ether oxygens (including phenoxy) is 2. The molecule has 1 saturated carbocycles. The maximum Gasteiger partial charge on any atom is 0.306 e. The molecule has 13 heteroatoms. The van der Waals surface area contributed by atoms with Crippen molar-refractivity contribution in [2.45, 2.75) is 69.6 Å². The lowest BCUT2D eigenvalue weighted by Crippen LogP contribution is -2.57. The summed E-state index contributed by atoms with van der Waals surface area (Å²) in [5, 5.41) is 12.2. The molecule has 3 aliphatic heterocycles. The molecule has 0 radical (unpaired) electrons. The lowest BCUT2D eigenvalue weighted by molar-refractivity contribution is -0.144. The Kier molecular flexibility index (Phi) is 10.9. The van der Waals surface area contributed by atoms with Gasteiger partial charge in [-0.05, 0) is 62.1 Å². The van der Waals surface area contributed by atoms with Gasteiger partial charge in [0.2, 0.25) is 5.91 Å². The number of carbonyl (C=O) groups excluding carboxylic acids is 2. The van der Waals surface area contributed by atoms with Crippen LogP contribution in [-0.2, 0) is 31.9 Å². The van der Waals surface area contributed by atoms with E-state index < -0.39 is 17.7 Å². The maximum absolute atomic E-state index is 15.5. The fraction of sp³-hybridized carbons (Fsp3) is 0.595. The molecule has 0 bridgehead atoms.